The third kappa shape index (κ3) is 2.56. The summed E-state index contributed by atoms with van der Waals surface area (Å²) in [6, 6.07) is 7.24. The van der Waals surface area contributed by atoms with Gasteiger partial charge in [-0.3, -0.25) is 0 Å². The van der Waals surface area contributed by atoms with Gasteiger partial charge in [-0.15, -0.1) is 0 Å². The lowest BCUT2D eigenvalue weighted by Crippen LogP contribution is -2.33. The minimum atomic E-state index is 0.573. The Balaban J connectivity index is 2.35. The van der Waals surface area contributed by atoms with Gasteiger partial charge in [-0.1, -0.05) is 13.0 Å². The second kappa shape index (κ2) is 5.44. The van der Waals surface area contributed by atoms with Crippen molar-refractivity contribution in [1.29, 1.82) is 0 Å². The quantitative estimate of drug-likeness (QED) is 0.852. The largest absolute Gasteiger partial charge is 0.385 e. The number of nitrogens with zero attached hydrogens (tertiary/aromatic N) is 1. The van der Waals surface area contributed by atoms with Crippen LogP contribution in [0.4, 0.5) is 11.4 Å². The van der Waals surface area contributed by atoms with Crippen molar-refractivity contribution in [3.05, 3.63) is 23.8 Å². The third-order valence-electron chi connectivity index (χ3n) is 3.47. The minimum absolute atomic E-state index is 0.573. The van der Waals surface area contributed by atoms with Crippen molar-refractivity contribution in [2.75, 3.05) is 23.3 Å². The van der Waals surface area contributed by atoms with E-state index in [-0.39, 0.29) is 0 Å². The molecule has 0 amide bonds. The maximum atomic E-state index is 3.51. The first-order valence-corrected chi connectivity index (χ1v) is 6.86. The Labute approximate surface area is 105 Å². The highest BCUT2D eigenvalue weighted by molar-refractivity contribution is 5.68. The van der Waals surface area contributed by atoms with E-state index in [4.69, 9.17) is 0 Å². The summed E-state index contributed by atoms with van der Waals surface area (Å²) in [5, 5.41) is 3.51. The Kier molecular flexibility index (Phi) is 3.93. The Bertz CT molecular complexity index is 371. The zero-order valence-electron chi connectivity index (χ0n) is 11.3. The molecule has 0 bridgehead atoms. The van der Waals surface area contributed by atoms with Gasteiger partial charge < -0.3 is 10.2 Å². The van der Waals surface area contributed by atoms with Gasteiger partial charge in [-0.05, 0) is 50.8 Å². The molecule has 1 N–H and O–H groups in total. The topological polar surface area (TPSA) is 15.3 Å². The molecule has 1 aromatic rings. The lowest BCUT2D eigenvalue weighted by molar-refractivity contribution is 0.665. The summed E-state index contributed by atoms with van der Waals surface area (Å²) < 4.78 is 0. The highest BCUT2D eigenvalue weighted by atomic mass is 15.2. The number of benzene rings is 1. The van der Waals surface area contributed by atoms with Crippen molar-refractivity contribution in [3.63, 3.8) is 0 Å². The summed E-state index contributed by atoms with van der Waals surface area (Å²) >= 11 is 0. The van der Waals surface area contributed by atoms with E-state index in [1.807, 2.05) is 0 Å². The lowest BCUT2D eigenvalue weighted by atomic mass is 10.00. The van der Waals surface area contributed by atoms with Gasteiger partial charge in [0.15, 0.2) is 0 Å². The highest BCUT2D eigenvalue weighted by Gasteiger charge is 2.18. The number of anilines is 2. The fourth-order valence-electron chi connectivity index (χ4n) is 2.66. The zero-order chi connectivity index (χ0) is 12.3. The molecule has 2 nitrogen and oxygen atoms in total. The molecule has 1 aliphatic heterocycles. The Hall–Kier alpha value is -1.18. The molecule has 1 heterocycles. The van der Waals surface area contributed by atoms with E-state index >= 15 is 0 Å². The van der Waals surface area contributed by atoms with Gasteiger partial charge in [0.25, 0.3) is 0 Å². The van der Waals surface area contributed by atoms with Crippen LogP contribution < -0.4 is 10.2 Å². The molecule has 0 unspecified atom stereocenters. The zero-order valence-corrected chi connectivity index (χ0v) is 11.3. The fraction of sp³-hybridized carbons (Fsp3) is 0.600. The maximum Gasteiger partial charge on any atom is 0.0421 e. The van der Waals surface area contributed by atoms with Crippen LogP contribution in [0.5, 0.6) is 0 Å². The molecule has 0 saturated carbocycles. The molecule has 0 aliphatic carbocycles. The number of fused-ring (bicyclic) bond motifs is 1. The van der Waals surface area contributed by atoms with Crippen LogP contribution in [0, 0.1) is 0 Å². The SMILES string of the molecule is CCCN(c1cccc2c1CCCN2)C(C)C. The van der Waals surface area contributed by atoms with Crippen LogP contribution in [0.2, 0.25) is 0 Å². The molecule has 0 radical (unpaired) electrons. The average Bonchev–Trinajstić information content (AvgIpc) is 2.35. The van der Waals surface area contributed by atoms with Crippen LogP contribution in [0.3, 0.4) is 0 Å². The summed E-state index contributed by atoms with van der Waals surface area (Å²) in [4.78, 5) is 2.53. The van der Waals surface area contributed by atoms with Crippen LogP contribution >= 0.6 is 0 Å². The molecule has 1 aromatic carbocycles. The van der Waals surface area contributed by atoms with E-state index in [2.05, 4.69) is 49.2 Å². The van der Waals surface area contributed by atoms with Gasteiger partial charge in [0, 0.05) is 30.5 Å². The summed E-state index contributed by atoms with van der Waals surface area (Å²) in [7, 11) is 0. The van der Waals surface area contributed by atoms with Crippen molar-refractivity contribution in [2.45, 2.75) is 46.1 Å². The van der Waals surface area contributed by atoms with E-state index in [0.717, 1.165) is 13.1 Å². The van der Waals surface area contributed by atoms with Crippen LogP contribution in [0.15, 0.2) is 18.2 Å². The fourth-order valence-corrected chi connectivity index (χ4v) is 2.66. The molecule has 0 atom stereocenters. The first-order chi connectivity index (χ1) is 8.24. The van der Waals surface area contributed by atoms with Crippen molar-refractivity contribution < 1.29 is 0 Å². The molecule has 94 valence electrons. The molecule has 0 spiro atoms. The predicted octanol–water partition coefficient (Wildman–Crippen LogP) is 3.67. The Morgan fingerprint density at radius 2 is 2.18 bits per heavy atom. The first-order valence-electron chi connectivity index (χ1n) is 6.86. The van der Waals surface area contributed by atoms with Crippen LogP contribution in [0.25, 0.3) is 0 Å². The van der Waals surface area contributed by atoms with Crippen molar-refractivity contribution >= 4 is 11.4 Å². The molecular formula is C15H24N2. The van der Waals surface area contributed by atoms with Gasteiger partial charge in [0.2, 0.25) is 0 Å². The Morgan fingerprint density at radius 3 is 2.88 bits per heavy atom. The van der Waals surface area contributed by atoms with E-state index in [9.17, 15) is 0 Å². The molecule has 2 rings (SSSR count). The van der Waals surface area contributed by atoms with Crippen LogP contribution in [-0.2, 0) is 6.42 Å². The van der Waals surface area contributed by atoms with Gasteiger partial charge >= 0.3 is 0 Å². The molecule has 17 heavy (non-hydrogen) atoms. The summed E-state index contributed by atoms with van der Waals surface area (Å²) in [6.07, 6.45) is 3.67. The van der Waals surface area contributed by atoms with E-state index in [1.165, 1.54) is 36.2 Å². The van der Waals surface area contributed by atoms with E-state index in [0.29, 0.717) is 6.04 Å². The normalized spacial score (nSPS) is 14.4. The molecular weight excluding hydrogens is 208 g/mol. The molecule has 0 aromatic heterocycles. The highest BCUT2D eigenvalue weighted by Crippen LogP contribution is 2.32. The van der Waals surface area contributed by atoms with Crippen molar-refractivity contribution in [2.24, 2.45) is 0 Å². The Morgan fingerprint density at radius 1 is 1.35 bits per heavy atom. The monoisotopic (exact) mass is 232 g/mol. The smallest absolute Gasteiger partial charge is 0.0421 e. The number of hydrogen-bond acceptors (Lipinski definition) is 2. The number of nitrogens with one attached hydrogen (secondary N) is 1. The lowest BCUT2D eigenvalue weighted by Gasteiger charge is -2.33. The summed E-state index contributed by atoms with van der Waals surface area (Å²) in [5.41, 5.74) is 4.29. The minimum Gasteiger partial charge on any atom is -0.385 e. The third-order valence-corrected chi connectivity index (χ3v) is 3.47. The van der Waals surface area contributed by atoms with Crippen molar-refractivity contribution in [1.82, 2.24) is 0 Å². The van der Waals surface area contributed by atoms with Gasteiger partial charge in [0.05, 0.1) is 0 Å². The standard InChI is InChI=1S/C15H24N2/c1-4-11-17(12(2)3)15-9-5-8-14-13(15)7-6-10-16-14/h5,8-9,12,16H,4,6-7,10-11H2,1-3H3. The maximum absolute atomic E-state index is 3.51. The van der Waals surface area contributed by atoms with Crippen LogP contribution in [0.1, 0.15) is 39.2 Å². The molecule has 0 saturated heterocycles. The first kappa shape index (κ1) is 12.3. The molecule has 0 fully saturated rings. The van der Waals surface area contributed by atoms with Gasteiger partial charge in [-0.2, -0.15) is 0 Å². The molecule has 1 aliphatic rings. The average molecular weight is 232 g/mol. The second-order valence-electron chi connectivity index (χ2n) is 5.12. The summed E-state index contributed by atoms with van der Waals surface area (Å²) in [5.74, 6) is 0. The number of rotatable bonds is 4. The molecule has 2 heteroatoms. The van der Waals surface area contributed by atoms with Crippen LogP contribution in [-0.4, -0.2) is 19.1 Å². The summed E-state index contributed by atoms with van der Waals surface area (Å²) in [6.45, 7) is 9.08. The predicted molar refractivity (Wildman–Crippen MR) is 76.0 cm³/mol. The van der Waals surface area contributed by atoms with Gasteiger partial charge in [0.1, 0.15) is 0 Å². The number of hydrogen-bond donors (Lipinski definition) is 1. The van der Waals surface area contributed by atoms with Crippen molar-refractivity contribution in [3.8, 4) is 0 Å². The van der Waals surface area contributed by atoms with E-state index < -0.39 is 0 Å². The van der Waals surface area contributed by atoms with Gasteiger partial charge in [-0.25, -0.2) is 0 Å². The second-order valence-corrected chi connectivity index (χ2v) is 5.12. The van der Waals surface area contributed by atoms with E-state index in [1.54, 1.807) is 0 Å².